The summed E-state index contributed by atoms with van der Waals surface area (Å²) < 4.78 is 40.2. The molecule has 0 fully saturated rings. The molecule has 0 aliphatic carbocycles. The third-order valence-corrected chi connectivity index (χ3v) is 4.65. The van der Waals surface area contributed by atoms with Gasteiger partial charge in [0, 0.05) is 11.3 Å². The van der Waals surface area contributed by atoms with Gasteiger partial charge >= 0.3 is 6.18 Å². The van der Waals surface area contributed by atoms with E-state index >= 15 is 0 Å². The lowest BCUT2D eigenvalue weighted by Crippen LogP contribution is -2.50. The second-order valence-electron chi connectivity index (χ2n) is 6.78. The van der Waals surface area contributed by atoms with Crippen LogP contribution in [0.4, 0.5) is 13.2 Å². The molecule has 1 unspecified atom stereocenters. The van der Waals surface area contributed by atoms with Crippen LogP contribution in [0, 0.1) is 6.92 Å². The summed E-state index contributed by atoms with van der Waals surface area (Å²) in [6.45, 7) is 3.48. The highest BCUT2D eigenvalue weighted by molar-refractivity contribution is 6.35. The minimum Gasteiger partial charge on any atom is -0.368 e. The number of benzene rings is 1. The maximum Gasteiger partial charge on any atom is 0.433 e. The quantitative estimate of drug-likeness (QED) is 0.826. The van der Waals surface area contributed by atoms with Crippen LogP contribution in [0.25, 0.3) is 11.3 Å². The van der Waals surface area contributed by atoms with E-state index in [1.165, 1.54) is 11.9 Å². The number of halogens is 3. The van der Waals surface area contributed by atoms with Gasteiger partial charge in [-0.15, -0.1) is 0 Å². The summed E-state index contributed by atoms with van der Waals surface area (Å²) in [5.74, 6) is 0.631. The van der Waals surface area contributed by atoms with Crippen LogP contribution >= 0.6 is 0 Å². The van der Waals surface area contributed by atoms with Crippen LogP contribution < -0.4 is 11.2 Å². The Bertz CT molecular complexity index is 1040. The number of guanidine groups is 1. The normalized spacial score (nSPS) is 19.2. The molecule has 2 aliphatic rings. The van der Waals surface area contributed by atoms with Gasteiger partial charge in [0.15, 0.2) is 5.84 Å². The Hall–Kier alpha value is -3.20. The number of aromatic nitrogens is 1. The first-order valence-corrected chi connectivity index (χ1v) is 9.12. The molecule has 0 amide bonds. The number of hydrogen-bond donors (Lipinski definition) is 2. The van der Waals surface area contributed by atoms with Crippen LogP contribution in [-0.4, -0.2) is 28.0 Å². The molecule has 3 N–H and O–H groups in total. The highest BCUT2D eigenvalue weighted by Gasteiger charge is 2.37. The van der Waals surface area contributed by atoms with Crippen LogP contribution in [0.1, 0.15) is 35.9 Å². The minimum absolute atomic E-state index is 0.184. The second kappa shape index (κ2) is 7.00. The molecule has 1 aromatic heterocycles. The van der Waals surface area contributed by atoms with E-state index < -0.39 is 11.9 Å². The van der Waals surface area contributed by atoms with Crippen molar-refractivity contribution in [2.75, 3.05) is 0 Å². The molecule has 150 valence electrons. The van der Waals surface area contributed by atoms with E-state index in [-0.39, 0.29) is 17.8 Å². The standard InChI is InChI=1S/C20H19F3N6/c1-3-15-26-18-16(13-9-11(2)25-14(10-13)20(21,22)23)17(12-7-5-4-6-8-12)27-19(24)29(18)28-15/h4-10,15,28H,3H2,1-2H3,(H2,24,27). The number of hydrogen-bond acceptors (Lipinski definition) is 6. The first-order chi connectivity index (χ1) is 13.8. The molecule has 2 aliphatic heterocycles. The predicted octanol–water partition coefficient (Wildman–Crippen LogP) is 3.56. The maximum absolute atomic E-state index is 13.4. The van der Waals surface area contributed by atoms with Crippen molar-refractivity contribution in [3.05, 3.63) is 65.0 Å². The number of aliphatic imine (C=N–C) groups is 2. The highest BCUT2D eigenvalue weighted by Crippen LogP contribution is 2.37. The lowest BCUT2D eigenvalue weighted by Gasteiger charge is -2.27. The van der Waals surface area contributed by atoms with Crippen LogP contribution in [0.2, 0.25) is 0 Å². The summed E-state index contributed by atoms with van der Waals surface area (Å²) in [4.78, 5) is 12.8. The van der Waals surface area contributed by atoms with Crippen LogP contribution in [-0.2, 0) is 6.18 Å². The Morgan fingerprint density at radius 3 is 2.52 bits per heavy atom. The van der Waals surface area contributed by atoms with Gasteiger partial charge in [0.1, 0.15) is 11.9 Å². The van der Waals surface area contributed by atoms with E-state index in [1.807, 2.05) is 37.3 Å². The number of nitrogens with one attached hydrogen (secondary N) is 1. The monoisotopic (exact) mass is 400 g/mol. The highest BCUT2D eigenvalue weighted by atomic mass is 19.4. The van der Waals surface area contributed by atoms with Gasteiger partial charge in [0.05, 0.1) is 11.3 Å². The predicted molar refractivity (Wildman–Crippen MR) is 105 cm³/mol. The van der Waals surface area contributed by atoms with Gasteiger partial charge in [-0.3, -0.25) is 0 Å². The van der Waals surface area contributed by atoms with Crippen molar-refractivity contribution in [2.45, 2.75) is 32.6 Å². The van der Waals surface area contributed by atoms with Crippen molar-refractivity contribution in [1.82, 2.24) is 15.4 Å². The number of fused-ring (bicyclic) bond motifs is 1. The Labute approximate surface area is 165 Å². The van der Waals surface area contributed by atoms with Crippen LogP contribution in [0.5, 0.6) is 0 Å². The Morgan fingerprint density at radius 1 is 1.14 bits per heavy atom. The summed E-state index contributed by atoms with van der Waals surface area (Å²) in [6.07, 6.45) is -4.12. The molecular formula is C20H19F3N6. The molecule has 0 saturated carbocycles. The molecule has 9 heteroatoms. The smallest absolute Gasteiger partial charge is 0.368 e. The number of aryl methyl sites for hydroxylation is 1. The maximum atomic E-state index is 13.4. The van der Waals surface area contributed by atoms with Gasteiger partial charge < -0.3 is 5.73 Å². The molecule has 1 atom stereocenters. The Balaban J connectivity index is 2.01. The van der Waals surface area contributed by atoms with Crippen molar-refractivity contribution >= 4 is 23.1 Å². The minimum atomic E-state index is -4.56. The van der Waals surface area contributed by atoms with E-state index in [2.05, 4.69) is 20.4 Å². The SMILES string of the molecule is CCC1N=C2C(c3cc(C)nc(C(F)(F)F)c3)=C(c3ccccc3)N=C(N)N2N1. The molecule has 1 aromatic carbocycles. The van der Waals surface area contributed by atoms with Crippen LogP contribution in [0.15, 0.2) is 52.4 Å². The molecule has 0 saturated heterocycles. The first kappa shape index (κ1) is 19.1. The molecule has 29 heavy (non-hydrogen) atoms. The number of hydrazine groups is 1. The molecule has 0 spiro atoms. The fourth-order valence-electron chi connectivity index (χ4n) is 3.33. The molecule has 3 heterocycles. The van der Waals surface area contributed by atoms with Gasteiger partial charge in [0.2, 0.25) is 5.96 Å². The number of rotatable bonds is 3. The lowest BCUT2D eigenvalue weighted by atomic mass is 9.96. The number of nitrogens with zero attached hydrogens (tertiary/aromatic N) is 4. The average Bonchev–Trinajstić information content (AvgIpc) is 3.12. The number of pyridine rings is 1. The van der Waals surface area contributed by atoms with E-state index in [1.54, 1.807) is 6.07 Å². The summed E-state index contributed by atoms with van der Waals surface area (Å²) in [5, 5.41) is 1.53. The zero-order chi connectivity index (χ0) is 20.8. The van der Waals surface area contributed by atoms with Crippen molar-refractivity contribution < 1.29 is 13.2 Å². The zero-order valence-corrected chi connectivity index (χ0v) is 15.8. The first-order valence-electron chi connectivity index (χ1n) is 9.12. The topological polar surface area (TPSA) is 78.9 Å². The third kappa shape index (κ3) is 3.49. The van der Waals surface area contributed by atoms with Gasteiger partial charge in [-0.2, -0.15) is 13.2 Å². The molecule has 0 bridgehead atoms. The van der Waals surface area contributed by atoms with Crippen molar-refractivity contribution in [3.8, 4) is 0 Å². The van der Waals surface area contributed by atoms with E-state index in [0.29, 0.717) is 29.1 Å². The lowest BCUT2D eigenvalue weighted by molar-refractivity contribution is -0.141. The van der Waals surface area contributed by atoms with E-state index in [4.69, 9.17) is 5.73 Å². The summed E-state index contributed by atoms with van der Waals surface area (Å²) in [7, 11) is 0. The summed E-state index contributed by atoms with van der Waals surface area (Å²) >= 11 is 0. The zero-order valence-electron chi connectivity index (χ0n) is 15.8. The van der Waals surface area contributed by atoms with Crippen molar-refractivity contribution in [3.63, 3.8) is 0 Å². The third-order valence-electron chi connectivity index (χ3n) is 4.65. The second-order valence-corrected chi connectivity index (χ2v) is 6.78. The van der Waals surface area contributed by atoms with Crippen molar-refractivity contribution in [2.24, 2.45) is 15.7 Å². The number of amidine groups is 1. The fourth-order valence-corrected chi connectivity index (χ4v) is 3.33. The average molecular weight is 400 g/mol. The number of alkyl halides is 3. The summed E-state index contributed by atoms with van der Waals surface area (Å²) in [5.41, 5.74) is 10.6. The van der Waals surface area contributed by atoms with E-state index in [0.717, 1.165) is 11.6 Å². The largest absolute Gasteiger partial charge is 0.433 e. The van der Waals surface area contributed by atoms with Crippen molar-refractivity contribution in [1.29, 1.82) is 0 Å². The Morgan fingerprint density at radius 2 is 1.86 bits per heavy atom. The molecular weight excluding hydrogens is 381 g/mol. The Kier molecular flexibility index (Phi) is 4.62. The van der Waals surface area contributed by atoms with Gasteiger partial charge in [-0.25, -0.2) is 25.4 Å². The number of nitrogens with two attached hydrogens (primary N) is 1. The van der Waals surface area contributed by atoms with Gasteiger partial charge in [-0.05, 0) is 31.0 Å². The molecule has 0 radical (unpaired) electrons. The van der Waals surface area contributed by atoms with Gasteiger partial charge in [0.25, 0.3) is 0 Å². The molecule has 6 nitrogen and oxygen atoms in total. The molecule has 4 rings (SSSR count). The van der Waals surface area contributed by atoms with Crippen LogP contribution in [0.3, 0.4) is 0 Å². The molecule has 2 aromatic rings. The van der Waals surface area contributed by atoms with Gasteiger partial charge in [-0.1, -0.05) is 37.3 Å². The van der Waals surface area contributed by atoms with E-state index in [9.17, 15) is 13.2 Å². The summed E-state index contributed by atoms with van der Waals surface area (Å²) in [6, 6.07) is 11.8. The fraction of sp³-hybridized carbons (Fsp3) is 0.250.